The van der Waals surface area contributed by atoms with Gasteiger partial charge in [0.15, 0.2) is 15.3 Å². The summed E-state index contributed by atoms with van der Waals surface area (Å²) in [5.41, 5.74) is -1.39. The van der Waals surface area contributed by atoms with E-state index in [0.29, 0.717) is 10.6 Å². The van der Waals surface area contributed by atoms with Crippen LogP contribution in [0.4, 0.5) is 0 Å². The smallest absolute Gasteiger partial charge is 0.325 e. The zero-order valence-electron chi connectivity index (χ0n) is 14.3. The molecule has 2 atom stereocenters. The first-order valence-electron chi connectivity index (χ1n) is 8.08. The molecule has 0 saturated heterocycles. The number of carbonyl (C=O) groups excluding carboxylic acids is 2. The molecule has 1 aromatic rings. The highest BCUT2D eigenvalue weighted by molar-refractivity contribution is 7.92. The molecule has 0 unspecified atom stereocenters. The highest BCUT2D eigenvalue weighted by atomic mass is 35.5. The van der Waals surface area contributed by atoms with E-state index in [2.05, 4.69) is 0 Å². The Hall–Kier alpha value is -1.60. The summed E-state index contributed by atoms with van der Waals surface area (Å²) in [5, 5.41) is -0.833. The van der Waals surface area contributed by atoms with Crippen LogP contribution in [0, 0.1) is 5.41 Å². The molecule has 138 valence electrons. The van der Waals surface area contributed by atoms with Gasteiger partial charge in [0, 0.05) is 16.7 Å². The van der Waals surface area contributed by atoms with Crippen LogP contribution in [0.15, 0.2) is 24.3 Å². The normalized spacial score (nSPS) is 21.4. The van der Waals surface area contributed by atoms with E-state index in [-0.39, 0.29) is 19.0 Å². The van der Waals surface area contributed by atoms with Gasteiger partial charge in [-0.2, -0.15) is 0 Å². The third-order valence-electron chi connectivity index (χ3n) is 4.36. The number of carbonyl (C=O) groups is 2. The van der Waals surface area contributed by atoms with Gasteiger partial charge in [-0.05, 0) is 31.5 Å². The van der Waals surface area contributed by atoms with Crippen LogP contribution < -0.4 is 0 Å². The predicted octanol–water partition coefficient (Wildman–Crippen LogP) is 2.35. The number of hydrogen-bond donors (Lipinski definition) is 0. The molecule has 8 heteroatoms. The molecule has 0 bridgehead atoms. The van der Waals surface area contributed by atoms with E-state index < -0.39 is 38.4 Å². The fraction of sp³-hybridized carbons (Fsp3) is 0.529. The first-order valence-corrected chi connectivity index (χ1v) is 10.2. The standard InChI is InChI=1S/C17H21ClO6S/c1-4-23-15(19)17(16(20)24-5-2)13(14(17)25(21,22)6-3)11-8-7-9-12(18)10-11/h7-10,13-14H,4-6H2,1-3H3/t13-,14+/m1/s1. The zero-order chi connectivity index (χ0) is 18.8. The van der Waals surface area contributed by atoms with Crippen molar-refractivity contribution in [2.45, 2.75) is 31.9 Å². The largest absolute Gasteiger partial charge is 0.465 e. The Morgan fingerprint density at radius 1 is 1.12 bits per heavy atom. The molecule has 6 nitrogen and oxygen atoms in total. The maximum absolute atomic E-state index is 12.7. The summed E-state index contributed by atoms with van der Waals surface area (Å²) in [6.45, 7) is 4.72. The second-order valence-electron chi connectivity index (χ2n) is 5.71. The minimum absolute atomic E-state index is 0.0289. The van der Waals surface area contributed by atoms with Gasteiger partial charge in [-0.25, -0.2) is 8.42 Å². The Balaban J connectivity index is 2.63. The number of halogens is 1. The molecule has 2 rings (SSSR count). The Kier molecular flexibility index (Phi) is 5.79. The molecule has 25 heavy (non-hydrogen) atoms. The molecule has 1 aliphatic rings. The van der Waals surface area contributed by atoms with Gasteiger partial charge in [0.25, 0.3) is 0 Å². The highest BCUT2D eigenvalue weighted by Crippen LogP contribution is 2.64. The van der Waals surface area contributed by atoms with Gasteiger partial charge >= 0.3 is 11.9 Å². The number of benzene rings is 1. The van der Waals surface area contributed by atoms with E-state index in [1.165, 1.54) is 6.92 Å². The zero-order valence-corrected chi connectivity index (χ0v) is 15.9. The molecule has 0 aliphatic heterocycles. The van der Waals surface area contributed by atoms with Gasteiger partial charge in [-0.15, -0.1) is 0 Å². The fourth-order valence-corrected chi connectivity index (χ4v) is 5.41. The van der Waals surface area contributed by atoms with Crippen molar-refractivity contribution in [3.05, 3.63) is 34.9 Å². The van der Waals surface area contributed by atoms with Gasteiger partial charge in [-0.1, -0.05) is 30.7 Å². The highest BCUT2D eigenvalue weighted by Gasteiger charge is 2.81. The summed E-state index contributed by atoms with van der Waals surface area (Å²) in [4.78, 5) is 25.3. The average Bonchev–Trinajstić information content (AvgIpc) is 3.28. The lowest BCUT2D eigenvalue weighted by Crippen LogP contribution is -2.36. The van der Waals surface area contributed by atoms with Crippen molar-refractivity contribution in [3.63, 3.8) is 0 Å². The number of hydrogen-bond acceptors (Lipinski definition) is 6. The Bertz CT molecular complexity index is 755. The molecule has 0 N–H and O–H groups in total. The summed E-state index contributed by atoms with van der Waals surface area (Å²) < 4.78 is 35.3. The summed E-state index contributed by atoms with van der Waals surface area (Å²) in [5.74, 6) is -2.83. The monoisotopic (exact) mass is 388 g/mol. The molecule has 0 aromatic heterocycles. The van der Waals surface area contributed by atoms with Gasteiger partial charge in [0.05, 0.1) is 18.5 Å². The maximum atomic E-state index is 12.7. The van der Waals surface area contributed by atoms with Crippen molar-refractivity contribution in [3.8, 4) is 0 Å². The third-order valence-corrected chi connectivity index (χ3v) is 6.81. The Labute approximate surface area is 152 Å². The molecule has 1 saturated carbocycles. The molecular weight excluding hydrogens is 368 g/mol. The molecule has 0 amide bonds. The molecule has 1 aliphatic carbocycles. The van der Waals surface area contributed by atoms with Gasteiger partial charge in [0.1, 0.15) is 0 Å². The minimum Gasteiger partial charge on any atom is -0.465 e. The van der Waals surface area contributed by atoms with Gasteiger partial charge < -0.3 is 9.47 Å². The topological polar surface area (TPSA) is 86.7 Å². The molecule has 0 heterocycles. The van der Waals surface area contributed by atoms with Crippen LogP contribution in [-0.2, 0) is 28.9 Å². The molecular formula is C17H21ClO6S. The van der Waals surface area contributed by atoms with Crippen LogP contribution in [0.5, 0.6) is 0 Å². The number of rotatable bonds is 7. The molecule has 1 aromatic carbocycles. The van der Waals surface area contributed by atoms with Crippen LogP contribution in [0.2, 0.25) is 5.02 Å². The van der Waals surface area contributed by atoms with Crippen molar-refractivity contribution < 1.29 is 27.5 Å². The van der Waals surface area contributed by atoms with Crippen molar-refractivity contribution in [2.75, 3.05) is 19.0 Å². The summed E-state index contributed by atoms with van der Waals surface area (Å²) in [6, 6.07) is 6.49. The van der Waals surface area contributed by atoms with E-state index in [1.54, 1.807) is 38.1 Å². The average molecular weight is 389 g/mol. The molecule has 1 fully saturated rings. The lowest BCUT2D eigenvalue weighted by molar-refractivity contribution is -0.164. The first kappa shape index (κ1) is 19.7. The quantitative estimate of drug-likeness (QED) is 0.526. The van der Waals surface area contributed by atoms with Gasteiger partial charge in [-0.3, -0.25) is 9.59 Å². The Morgan fingerprint density at radius 3 is 2.12 bits per heavy atom. The maximum Gasteiger partial charge on any atom is 0.325 e. The van der Waals surface area contributed by atoms with Crippen molar-refractivity contribution >= 4 is 33.4 Å². The SMILES string of the molecule is CCOC(=O)C1(C(=O)OCC)[C@H](c2cccc(Cl)c2)[C@@H]1S(=O)(=O)CC. The number of ether oxygens (including phenoxy) is 2. The van der Waals surface area contributed by atoms with Crippen LogP contribution in [0.3, 0.4) is 0 Å². The summed E-state index contributed by atoms with van der Waals surface area (Å²) in [7, 11) is -3.71. The lowest BCUT2D eigenvalue weighted by Gasteiger charge is -2.15. The van der Waals surface area contributed by atoms with Crippen LogP contribution >= 0.6 is 11.6 Å². The van der Waals surface area contributed by atoms with E-state index in [9.17, 15) is 18.0 Å². The number of esters is 2. The van der Waals surface area contributed by atoms with Gasteiger partial charge in [0.2, 0.25) is 0 Å². The Morgan fingerprint density at radius 2 is 1.68 bits per heavy atom. The minimum atomic E-state index is -3.71. The van der Waals surface area contributed by atoms with E-state index in [0.717, 1.165) is 0 Å². The van der Waals surface area contributed by atoms with Crippen LogP contribution in [0.1, 0.15) is 32.3 Å². The second-order valence-corrected chi connectivity index (χ2v) is 8.56. The van der Waals surface area contributed by atoms with E-state index >= 15 is 0 Å². The number of sulfone groups is 1. The predicted molar refractivity (Wildman–Crippen MR) is 93.1 cm³/mol. The van der Waals surface area contributed by atoms with Crippen LogP contribution in [-0.4, -0.2) is 44.6 Å². The lowest BCUT2D eigenvalue weighted by atomic mass is 9.99. The fourth-order valence-electron chi connectivity index (χ4n) is 3.23. The molecule has 0 radical (unpaired) electrons. The molecule has 0 spiro atoms. The van der Waals surface area contributed by atoms with Crippen molar-refractivity contribution in [2.24, 2.45) is 5.41 Å². The second kappa shape index (κ2) is 7.33. The van der Waals surface area contributed by atoms with Crippen molar-refractivity contribution in [1.29, 1.82) is 0 Å². The third kappa shape index (κ3) is 3.27. The van der Waals surface area contributed by atoms with Crippen LogP contribution in [0.25, 0.3) is 0 Å². The van der Waals surface area contributed by atoms with E-state index in [1.807, 2.05) is 0 Å². The first-order chi connectivity index (χ1) is 11.8. The van der Waals surface area contributed by atoms with Crippen molar-refractivity contribution in [1.82, 2.24) is 0 Å². The summed E-state index contributed by atoms with van der Waals surface area (Å²) in [6.07, 6.45) is 0. The summed E-state index contributed by atoms with van der Waals surface area (Å²) >= 11 is 6.01. The van der Waals surface area contributed by atoms with E-state index in [4.69, 9.17) is 21.1 Å².